The molecule has 4 rings (SSSR count). The van der Waals surface area contributed by atoms with E-state index in [0.717, 1.165) is 0 Å². The van der Waals surface area contributed by atoms with Crippen LogP contribution in [0.3, 0.4) is 0 Å². The molecule has 4 aromatic rings. The molecule has 0 saturated heterocycles. The van der Waals surface area contributed by atoms with Crippen LogP contribution < -0.4 is 10.9 Å². The molecule has 0 spiro atoms. The monoisotopic (exact) mass is 366 g/mol. The Morgan fingerprint density at radius 1 is 1.08 bits per heavy atom. The largest absolute Gasteiger partial charge is 0.324 e. The number of hydrogen-bond donors (Lipinski definition) is 1. The maximum atomic E-state index is 14.4. The molecule has 0 aliphatic rings. The van der Waals surface area contributed by atoms with Gasteiger partial charge in [0, 0.05) is 11.2 Å². The van der Waals surface area contributed by atoms with Gasteiger partial charge in [-0.05, 0) is 42.5 Å². The van der Waals surface area contributed by atoms with Crippen molar-refractivity contribution in [1.82, 2.24) is 14.5 Å². The van der Waals surface area contributed by atoms with E-state index < -0.39 is 11.4 Å². The minimum absolute atomic E-state index is 0.0956. The van der Waals surface area contributed by atoms with E-state index in [9.17, 15) is 9.18 Å². The van der Waals surface area contributed by atoms with Gasteiger partial charge in [0.25, 0.3) is 5.56 Å². The van der Waals surface area contributed by atoms with E-state index in [-0.39, 0.29) is 11.6 Å². The van der Waals surface area contributed by atoms with E-state index in [1.54, 1.807) is 48.8 Å². The van der Waals surface area contributed by atoms with Gasteiger partial charge in [0.15, 0.2) is 0 Å². The lowest BCUT2D eigenvalue weighted by Gasteiger charge is -2.15. The molecule has 128 valence electrons. The van der Waals surface area contributed by atoms with Gasteiger partial charge in [0.05, 0.1) is 28.5 Å². The van der Waals surface area contributed by atoms with Gasteiger partial charge in [-0.3, -0.25) is 9.78 Å². The molecule has 2 aromatic carbocycles. The number of halogens is 2. The van der Waals surface area contributed by atoms with Crippen molar-refractivity contribution in [3.05, 3.63) is 88.2 Å². The molecule has 0 unspecified atom stereocenters. The molecule has 0 fully saturated rings. The van der Waals surface area contributed by atoms with Crippen LogP contribution in [0, 0.1) is 5.82 Å². The molecule has 5 nitrogen and oxygen atoms in total. The SMILES string of the molecule is O=c1c2cc(Cl)ccc2nc(Nc2cccnc2)n1-c1ccccc1F. The Balaban J connectivity index is 2.02. The van der Waals surface area contributed by atoms with Crippen LogP contribution in [0.4, 0.5) is 16.0 Å². The topological polar surface area (TPSA) is 59.8 Å². The maximum Gasteiger partial charge on any atom is 0.267 e. The summed E-state index contributed by atoms with van der Waals surface area (Å²) in [6, 6.07) is 14.4. The molecule has 0 saturated carbocycles. The molecule has 0 amide bonds. The van der Waals surface area contributed by atoms with E-state index in [0.29, 0.717) is 21.6 Å². The van der Waals surface area contributed by atoms with Crippen LogP contribution in [-0.4, -0.2) is 14.5 Å². The second-order valence-electron chi connectivity index (χ2n) is 5.56. The summed E-state index contributed by atoms with van der Waals surface area (Å²) in [6.45, 7) is 0. The Labute approximate surface area is 152 Å². The highest BCUT2D eigenvalue weighted by atomic mass is 35.5. The molecule has 26 heavy (non-hydrogen) atoms. The summed E-state index contributed by atoms with van der Waals surface area (Å²) in [5.41, 5.74) is 0.753. The van der Waals surface area contributed by atoms with Crippen LogP contribution in [0.25, 0.3) is 16.6 Å². The number of nitrogens with zero attached hydrogens (tertiary/aromatic N) is 3. The summed E-state index contributed by atoms with van der Waals surface area (Å²) in [5.74, 6) is -0.352. The number of pyridine rings is 1. The van der Waals surface area contributed by atoms with Crippen molar-refractivity contribution < 1.29 is 4.39 Å². The van der Waals surface area contributed by atoms with E-state index in [1.807, 2.05) is 0 Å². The van der Waals surface area contributed by atoms with Gasteiger partial charge in [-0.2, -0.15) is 0 Å². The van der Waals surface area contributed by atoms with Gasteiger partial charge in [-0.1, -0.05) is 23.7 Å². The fraction of sp³-hybridized carbons (Fsp3) is 0. The first kappa shape index (κ1) is 16.2. The molecule has 2 aromatic heterocycles. The second-order valence-corrected chi connectivity index (χ2v) is 5.99. The third-order valence-electron chi connectivity index (χ3n) is 3.84. The Hall–Kier alpha value is -3.25. The van der Waals surface area contributed by atoms with Gasteiger partial charge in [0.1, 0.15) is 5.82 Å². The molecule has 1 N–H and O–H groups in total. The average Bonchev–Trinajstić information content (AvgIpc) is 2.65. The zero-order chi connectivity index (χ0) is 18.1. The number of nitrogens with one attached hydrogen (secondary N) is 1. The summed E-state index contributed by atoms with van der Waals surface area (Å²) >= 11 is 6.02. The highest BCUT2D eigenvalue weighted by Gasteiger charge is 2.16. The first-order valence-corrected chi connectivity index (χ1v) is 8.15. The molecular weight excluding hydrogens is 355 g/mol. The van der Waals surface area contributed by atoms with Crippen LogP contribution in [-0.2, 0) is 0 Å². The van der Waals surface area contributed by atoms with Crippen molar-refractivity contribution in [2.75, 3.05) is 5.32 Å². The van der Waals surface area contributed by atoms with Crippen LogP contribution >= 0.6 is 11.6 Å². The molecule has 0 aliphatic carbocycles. The predicted molar refractivity (Wildman–Crippen MR) is 99.8 cm³/mol. The Kier molecular flexibility index (Phi) is 4.10. The number of benzene rings is 2. The Morgan fingerprint density at radius 2 is 1.92 bits per heavy atom. The minimum Gasteiger partial charge on any atom is -0.324 e. The fourth-order valence-corrected chi connectivity index (χ4v) is 2.84. The third-order valence-corrected chi connectivity index (χ3v) is 4.08. The number of fused-ring (bicyclic) bond motifs is 1. The molecule has 0 aliphatic heterocycles. The summed E-state index contributed by atoms with van der Waals surface area (Å²) < 4.78 is 15.6. The Bertz CT molecular complexity index is 1160. The normalized spacial score (nSPS) is 10.8. The highest BCUT2D eigenvalue weighted by molar-refractivity contribution is 6.31. The van der Waals surface area contributed by atoms with Gasteiger partial charge in [-0.15, -0.1) is 0 Å². The number of anilines is 2. The molecule has 0 radical (unpaired) electrons. The molecule has 7 heteroatoms. The van der Waals surface area contributed by atoms with E-state index in [1.165, 1.54) is 22.8 Å². The number of para-hydroxylation sites is 1. The standard InChI is InChI=1S/C19H12ClFN4O/c20-12-7-8-16-14(10-12)18(26)25(17-6-2-1-5-15(17)21)19(24-16)23-13-4-3-9-22-11-13/h1-11H,(H,23,24). The van der Waals surface area contributed by atoms with E-state index in [4.69, 9.17) is 11.6 Å². The van der Waals surface area contributed by atoms with Crippen molar-refractivity contribution in [3.63, 3.8) is 0 Å². The fourth-order valence-electron chi connectivity index (χ4n) is 2.66. The lowest BCUT2D eigenvalue weighted by molar-refractivity contribution is 0.616. The summed E-state index contributed by atoms with van der Waals surface area (Å²) in [4.78, 5) is 21.6. The van der Waals surface area contributed by atoms with Gasteiger partial charge >= 0.3 is 0 Å². The van der Waals surface area contributed by atoms with Crippen molar-refractivity contribution in [1.29, 1.82) is 0 Å². The lowest BCUT2D eigenvalue weighted by Crippen LogP contribution is -2.23. The first-order chi connectivity index (χ1) is 12.6. The van der Waals surface area contributed by atoms with Crippen LogP contribution in [0.5, 0.6) is 0 Å². The van der Waals surface area contributed by atoms with E-state index in [2.05, 4.69) is 15.3 Å². The zero-order valence-corrected chi connectivity index (χ0v) is 14.1. The molecular formula is C19H12ClFN4O. The van der Waals surface area contributed by atoms with Crippen LogP contribution in [0.15, 0.2) is 71.8 Å². The van der Waals surface area contributed by atoms with Crippen LogP contribution in [0.1, 0.15) is 0 Å². The number of rotatable bonds is 3. The second kappa shape index (κ2) is 6.57. The average molecular weight is 367 g/mol. The first-order valence-electron chi connectivity index (χ1n) is 7.78. The third kappa shape index (κ3) is 2.91. The zero-order valence-electron chi connectivity index (χ0n) is 13.4. The van der Waals surface area contributed by atoms with Gasteiger partial charge in [0.2, 0.25) is 5.95 Å². The molecule has 2 heterocycles. The molecule has 0 atom stereocenters. The summed E-state index contributed by atoms with van der Waals surface area (Å²) in [6.07, 6.45) is 3.22. The van der Waals surface area contributed by atoms with E-state index >= 15 is 0 Å². The summed E-state index contributed by atoms with van der Waals surface area (Å²) in [5, 5.41) is 3.75. The predicted octanol–water partition coefficient (Wildman–Crippen LogP) is 4.32. The maximum absolute atomic E-state index is 14.4. The van der Waals surface area contributed by atoms with Crippen molar-refractivity contribution >= 4 is 34.1 Å². The smallest absolute Gasteiger partial charge is 0.267 e. The minimum atomic E-state index is -0.535. The number of hydrogen-bond acceptors (Lipinski definition) is 4. The number of aromatic nitrogens is 3. The quantitative estimate of drug-likeness (QED) is 0.586. The van der Waals surface area contributed by atoms with Crippen molar-refractivity contribution in [2.45, 2.75) is 0 Å². The molecule has 0 bridgehead atoms. The Morgan fingerprint density at radius 3 is 2.69 bits per heavy atom. The van der Waals surface area contributed by atoms with Crippen molar-refractivity contribution in [3.8, 4) is 5.69 Å². The van der Waals surface area contributed by atoms with Gasteiger partial charge in [-0.25, -0.2) is 13.9 Å². The van der Waals surface area contributed by atoms with Gasteiger partial charge < -0.3 is 5.32 Å². The lowest BCUT2D eigenvalue weighted by atomic mass is 10.2. The highest BCUT2D eigenvalue weighted by Crippen LogP contribution is 2.22. The van der Waals surface area contributed by atoms with Crippen LogP contribution in [0.2, 0.25) is 5.02 Å². The van der Waals surface area contributed by atoms with Crippen molar-refractivity contribution in [2.24, 2.45) is 0 Å². The summed E-state index contributed by atoms with van der Waals surface area (Å²) in [7, 11) is 0.